The Hall–Kier alpha value is -0.940. The fourth-order valence-corrected chi connectivity index (χ4v) is 1.97. The minimum Gasteiger partial charge on any atom is -0.305 e. The summed E-state index contributed by atoms with van der Waals surface area (Å²) in [7, 11) is 0. The van der Waals surface area contributed by atoms with Crippen LogP contribution in [0.1, 0.15) is 24.2 Å². The van der Waals surface area contributed by atoms with Crippen molar-refractivity contribution in [1.29, 1.82) is 0 Å². The highest BCUT2D eigenvalue weighted by molar-refractivity contribution is 14.1. The average Bonchev–Trinajstić information content (AvgIpc) is 2.39. The molecule has 88 valence electrons. The van der Waals surface area contributed by atoms with Crippen LogP contribution in [-0.4, -0.2) is 4.98 Å². The maximum absolute atomic E-state index is 4.34. The third-order valence-electron chi connectivity index (χ3n) is 2.66. The first-order valence-corrected chi connectivity index (χ1v) is 6.72. The van der Waals surface area contributed by atoms with E-state index in [0.717, 1.165) is 12.2 Å². The highest BCUT2D eigenvalue weighted by atomic mass is 127. The molecule has 3 heteroatoms. The summed E-state index contributed by atoms with van der Waals surface area (Å²) in [5.41, 5.74) is 2.38. The monoisotopic (exact) mass is 338 g/mol. The van der Waals surface area contributed by atoms with Crippen molar-refractivity contribution in [2.24, 2.45) is 0 Å². The molecule has 1 aromatic carbocycles. The molecule has 2 nitrogen and oxygen atoms in total. The largest absolute Gasteiger partial charge is 0.305 e. The van der Waals surface area contributed by atoms with E-state index in [1.165, 1.54) is 9.13 Å². The molecule has 17 heavy (non-hydrogen) atoms. The van der Waals surface area contributed by atoms with Crippen LogP contribution in [0.5, 0.6) is 0 Å². The lowest BCUT2D eigenvalue weighted by atomic mass is 10.2. The first kappa shape index (κ1) is 12.5. The molecule has 0 unspecified atom stereocenters. The summed E-state index contributed by atoms with van der Waals surface area (Å²) >= 11 is 2.32. The molecule has 0 amide bonds. The minimum absolute atomic E-state index is 0.274. The Labute approximate surface area is 116 Å². The molecule has 1 atom stereocenters. The molecule has 1 heterocycles. The topological polar surface area (TPSA) is 24.9 Å². The van der Waals surface area contributed by atoms with Crippen molar-refractivity contribution < 1.29 is 0 Å². The molecule has 0 aliphatic rings. The fraction of sp³-hybridized carbons (Fsp3) is 0.214. The lowest BCUT2D eigenvalue weighted by molar-refractivity contribution is 0.561. The van der Waals surface area contributed by atoms with Gasteiger partial charge in [0.25, 0.3) is 0 Å². The Morgan fingerprint density at radius 2 is 1.94 bits per heavy atom. The quantitative estimate of drug-likeness (QED) is 0.863. The minimum atomic E-state index is 0.274. The van der Waals surface area contributed by atoms with Gasteiger partial charge in [-0.1, -0.05) is 18.2 Å². The number of benzene rings is 1. The second-order valence-electron chi connectivity index (χ2n) is 3.98. The van der Waals surface area contributed by atoms with Crippen molar-refractivity contribution >= 4 is 22.6 Å². The standard InChI is InChI=1S/C14H15IN2/c1-11(14-4-2-3-9-16-14)17-10-12-5-7-13(15)8-6-12/h2-9,11,17H,10H2,1H3/t11-/m1/s1. The van der Waals surface area contributed by atoms with E-state index >= 15 is 0 Å². The van der Waals surface area contributed by atoms with Gasteiger partial charge in [0.15, 0.2) is 0 Å². The van der Waals surface area contributed by atoms with Crippen LogP contribution in [0.3, 0.4) is 0 Å². The highest BCUT2D eigenvalue weighted by Crippen LogP contribution is 2.11. The molecule has 2 rings (SSSR count). The molecule has 2 aromatic rings. The fourth-order valence-electron chi connectivity index (χ4n) is 1.61. The van der Waals surface area contributed by atoms with Gasteiger partial charge in [0.2, 0.25) is 0 Å². The number of hydrogen-bond donors (Lipinski definition) is 1. The highest BCUT2D eigenvalue weighted by Gasteiger charge is 2.04. The van der Waals surface area contributed by atoms with Gasteiger partial charge in [-0.25, -0.2) is 0 Å². The van der Waals surface area contributed by atoms with E-state index in [2.05, 4.69) is 64.1 Å². The van der Waals surface area contributed by atoms with E-state index in [-0.39, 0.29) is 6.04 Å². The number of pyridine rings is 1. The molecule has 0 aliphatic heterocycles. The van der Waals surface area contributed by atoms with Gasteiger partial charge < -0.3 is 5.32 Å². The zero-order valence-electron chi connectivity index (χ0n) is 9.73. The van der Waals surface area contributed by atoms with Crippen LogP contribution >= 0.6 is 22.6 Å². The zero-order chi connectivity index (χ0) is 12.1. The maximum atomic E-state index is 4.34. The van der Waals surface area contributed by atoms with Crippen LogP contribution in [-0.2, 0) is 6.54 Å². The van der Waals surface area contributed by atoms with Crippen molar-refractivity contribution in [3.8, 4) is 0 Å². The Kier molecular flexibility index (Phi) is 4.50. The van der Waals surface area contributed by atoms with Crippen molar-refractivity contribution in [2.45, 2.75) is 19.5 Å². The number of nitrogens with zero attached hydrogens (tertiary/aromatic N) is 1. The Balaban J connectivity index is 1.92. The predicted molar refractivity (Wildman–Crippen MR) is 78.7 cm³/mol. The summed E-state index contributed by atoms with van der Waals surface area (Å²) in [6, 6.07) is 14.8. The Morgan fingerprint density at radius 1 is 1.18 bits per heavy atom. The molecule has 0 spiro atoms. The van der Waals surface area contributed by atoms with Crippen LogP contribution in [0, 0.1) is 3.57 Å². The summed E-state index contributed by atoms with van der Waals surface area (Å²) in [5.74, 6) is 0. The average molecular weight is 338 g/mol. The van der Waals surface area contributed by atoms with E-state index in [1.54, 1.807) is 0 Å². The first-order chi connectivity index (χ1) is 8.25. The number of hydrogen-bond acceptors (Lipinski definition) is 2. The number of nitrogens with one attached hydrogen (secondary N) is 1. The first-order valence-electron chi connectivity index (χ1n) is 5.64. The third-order valence-corrected chi connectivity index (χ3v) is 3.38. The lowest BCUT2D eigenvalue weighted by Crippen LogP contribution is -2.18. The van der Waals surface area contributed by atoms with E-state index < -0.39 is 0 Å². The normalized spacial score (nSPS) is 12.4. The summed E-state index contributed by atoms with van der Waals surface area (Å²) in [6.07, 6.45) is 1.83. The van der Waals surface area contributed by atoms with Gasteiger partial charge in [0, 0.05) is 22.4 Å². The van der Waals surface area contributed by atoms with Gasteiger partial charge in [-0.2, -0.15) is 0 Å². The predicted octanol–water partition coefficient (Wildman–Crippen LogP) is 3.54. The van der Waals surface area contributed by atoms with Crippen LogP contribution in [0.25, 0.3) is 0 Å². The van der Waals surface area contributed by atoms with Gasteiger partial charge in [-0.05, 0) is 59.3 Å². The second kappa shape index (κ2) is 6.12. The van der Waals surface area contributed by atoms with Crippen molar-refractivity contribution in [1.82, 2.24) is 10.3 Å². The molecule has 0 fully saturated rings. The van der Waals surface area contributed by atoms with E-state index in [0.29, 0.717) is 0 Å². The van der Waals surface area contributed by atoms with E-state index in [9.17, 15) is 0 Å². The Bertz CT molecular complexity index is 453. The van der Waals surface area contributed by atoms with E-state index in [1.807, 2.05) is 24.4 Å². The zero-order valence-corrected chi connectivity index (χ0v) is 11.9. The molecular weight excluding hydrogens is 323 g/mol. The SMILES string of the molecule is C[C@@H](NCc1ccc(I)cc1)c1ccccn1. The van der Waals surface area contributed by atoms with Gasteiger partial charge in [-0.3, -0.25) is 4.98 Å². The number of aromatic nitrogens is 1. The van der Waals surface area contributed by atoms with Crippen LogP contribution < -0.4 is 5.32 Å². The molecule has 0 bridgehead atoms. The molecule has 1 aromatic heterocycles. The van der Waals surface area contributed by atoms with Crippen molar-refractivity contribution in [3.05, 3.63) is 63.5 Å². The van der Waals surface area contributed by atoms with Crippen LogP contribution in [0.4, 0.5) is 0 Å². The summed E-state index contributed by atoms with van der Waals surface area (Å²) < 4.78 is 1.27. The smallest absolute Gasteiger partial charge is 0.0570 e. The summed E-state index contributed by atoms with van der Waals surface area (Å²) in [5, 5.41) is 3.47. The second-order valence-corrected chi connectivity index (χ2v) is 5.23. The molecule has 0 saturated carbocycles. The molecule has 1 N–H and O–H groups in total. The molecular formula is C14H15IN2. The Morgan fingerprint density at radius 3 is 2.59 bits per heavy atom. The molecule has 0 saturated heterocycles. The van der Waals surface area contributed by atoms with E-state index in [4.69, 9.17) is 0 Å². The maximum Gasteiger partial charge on any atom is 0.0570 e. The van der Waals surface area contributed by atoms with Gasteiger partial charge in [0.05, 0.1) is 5.69 Å². The lowest BCUT2D eigenvalue weighted by Gasteiger charge is -2.13. The van der Waals surface area contributed by atoms with Gasteiger partial charge in [0.1, 0.15) is 0 Å². The third kappa shape index (κ3) is 3.78. The summed E-state index contributed by atoms with van der Waals surface area (Å²) in [6.45, 7) is 3.00. The summed E-state index contributed by atoms with van der Waals surface area (Å²) in [4.78, 5) is 4.34. The number of rotatable bonds is 4. The molecule has 0 radical (unpaired) electrons. The van der Waals surface area contributed by atoms with Crippen LogP contribution in [0.2, 0.25) is 0 Å². The molecule has 0 aliphatic carbocycles. The van der Waals surface area contributed by atoms with Gasteiger partial charge in [-0.15, -0.1) is 0 Å². The van der Waals surface area contributed by atoms with Gasteiger partial charge >= 0.3 is 0 Å². The van der Waals surface area contributed by atoms with Crippen molar-refractivity contribution in [3.63, 3.8) is 0 Å². The number of halogens is 1. The van der Waals surface area contributed by atoms with Crippen LogP contribution in [0.15, 0.2) is 48.7 Å². The van der Waals surface area contributed by atoms with Crippen molar-refractivity contribution in [2.75, 3.05) is 0 Å².